The Kier molecular flexibility index (Phi) is 10.5. The van der Waals surface area contributed by atoms with E-state index in [1.54, 1.807) is 13.2 Å². The zero-order chi connectivity index (χ0) is 20.7. The largest absolute Gasteiger partial charge is 0.494 e. The SMILES string of the molecule is CCCCCCOc1cccc(NCC(=O)Nc2cccc(OCCOC)c2)c1. The highest BCUT2D eigenvalue weighted by Crippen LogP contribution is 2.19. The maximum atomic E-state index is 12.2. The van der Waals surface area contributed by atoms with Gasteiger partial charge in [-0.25, -0.2) is 0 Å². The van der Waals surface area contributed by atoms with Crippen LogP contribution in [0.3, 0.4) is 0 Å². The maximum Gasteiger partial charge on any atom is 0.243 e. The molecule has 0 bridgehead atoms. The molecule has 0 aliphatic rings. The number of carbonyl (C=O) groups is 1. The molecule has 2 aromatic carbocycles. The maximum absolute atomic E-state index is 12.2. The van der Waals surface area contributed by atoms with Crippen molar-refractivity contribution in [2.45, 2.75) is 32.6 Å². The summed E-state index contributed by atoms with van der Waals surface area (Å²) >= 11 is 0. The molecule has 0 spiro atoms. The number of hydrogen-bond acceptors (Lipinski definition) is 5. The quantitative estimate of drug-likeness (QED) is 0.449. The predicted molar refractivity (Wildman–Crippen MR) is 117 cm³/mol. The third-order valence-corrected chi connectivity index (χ3v) is 4.23. The Morgan fingerprint density at radius 3 is 2.28 bits per heavy atom. The third-order valence-electron chi connectivity index (χ3n) is 4.23. The molecule has 6 heteroatoms. The number of hydrogen-bond donors (Lipinski definition) is 2. The molecule has 0 heterocycles. The van der Waals surface area contributed by atoms with Crippen LogP contribution in [0.1, 0.15) is 32.6 Å². The Morgan fingerprint density at radius 2 is 1.55 bits per heavy atom. The lowest BCUT2D eigenvalue weighted by Crippen LogP contribution is -2.21. The lowest BCUT2D eigenvalue weighted by Gasteiger charge is -2.11. The van der Waals surface area contributed by atoms with Crippen LogP contribution in [0.5, 0.6) is 11.5 Å². The second-order valence-electron chi connectivity index (χ2n) is 6.71. The first-order chi connectivity index (χ1) is 14.2. The molecule has 0 saturated carbocycles. The first-order valence-electron chi connectivity index (χ1n) is 10.2. The summed E-state index contributed by atoms with van der Waals surface area (Å²) in [5, 5.41) is 6.00. The van der Waals surface area contributed by atoms with Gasteiger partial charge in [0.05, 0.1) is 19.8 Å². The average Bonchev–Trinajstić information content (AvgIpc) is 2.73. The van der Waals surface area contributed by atoms with Gasteiger partial charge in [-0.05, 0) is 30.7 Å². The Balaban J connectivity index is 1.76. The van der Waals surface area contributed by atoms with Gasteiger partial charge >= 0.3 is 0 Å². The molecule has 0 atom stereocenters. The Bertz CT molecular complexity index is 736. The van der Waals surface area contributed by atoms with E-state index in [2.05, 4.69) is 17.6 Å². The van der Waals surface area contributed by atoms with Crippen molar-refractivity contribution >= 4 is 17.3 Å². The summed E-state index contributed by atoms with van der Waals surface area (Å²) < 4.78 is 16.3. The minimum absolute atomic E-state index is 0.134. The molecule has 2 rings (SSSR count). The Labute approximate surface area is 173 Å². The van der Waals surface area contributed by atoms with E-state index in [0.29, 0.717) is 31.3 Å². The van der Waals surface area contributed by atoms with Gasteiger partial charge in [0.1, 0.15) is 18.1 Å². The molecule has 0 aliphatic carbocycles. The number of unbranched alkanes of at least 4 members (excludes halogenated alkanes) is 3. The molecule has 0 aliphatic heterocycles. The molecule has 2 aromatic rings. The zero-order valence-electron chi connectivity index (χ0n) is 17.4. The molecule has 0 unspecified atom stereocenters. The molecule has 0 saturated heterocycles. The van der Waals surface area contributed by atoms with Crippen LogP contribution in [0.2, 0.25) is 0 Å². The molecule has 0 fully saturated rings. The van der Waals surface area contributed by atoms with Crippen molar-refractivity contribution in [2.75, 3.05) is 44.1 Å². The molecule has 2 N–H and O–H groups in total. The van der Waals surface area contributed by atoms with Gasteiger partial charge in [0, 0.05) is 30.6 Å². The van der Waals surface area contributed by atoms with Crippen molar-refractivity contribution in [3.05, 3.63) is 48.5 Å². The van der Waals surface area contributed by atoms with Crippen molar-refractivity contribution in [1.29, 1.82) is 0 Å². The molecule has 1 amide bonds. The van der Waals surface area contributed by atoms with Gasteiger partial charge < -0.3 is 24.8 Å². The number of rotatable bonds is 14. The number of nitrogens with one attached hydrogen (secondary N) is 2. The average molecular weight is 401 g/mol. The lowest BCUT2D eigenvalue weighted by molar-refractivity contribution is -0.114. The van der Waals surface area contributed by atoms with Crippen molar-refractivity contribution in [1.82, 2.24) is 0 Å². The van der Waals surface area contributed by atoms with Crippen LogP contribution >= 0.6 is 0 Å². The van der Waals surface area contributed by atoms with E-state index < -0.39 is 0 Å². The highest BCUT2D eigenvalue weighted by molar-refractivity contribution is 5.93. The van der Waals surface area contributed by atoms with E-state index in [0.717, 1.165) is 17.9 Å². The Hall–Kier alpha value is -2.73. The van der Waals surface area contributed by atoms with E-state index in [-0.39, 0.29) is 12.5 Å². The summed E-state index contributed by atoms with van der Waals surface area (Å²) in [6.07, 6.45) is 4.70. The van der Waals surface area contributed by atoms with Crippen LogP contribution in [-0.4, -0.2) is 39.4 Å². The van der Waals surface area contributed by atoms with Crippen LogP contribution in [0.4, 0.5) is 11.4 Å². The van der Waals surface area contributed by atoms with Gasteiger partial charge in [-0.3, -0.25) is 4.79 Å². The van der Waals surface area contributed by atoms with E-state index >= 15 is 0 Å². The smallest absolute Gasteiger partial charge is 0.243 e. The normalized spacial score (nSPS) is 10.4. The van der Waals surface area contributed by atoms with Gasteiger partial charge in [0.2, 0.25) is 5.91 Å². The van der Waals surface area contributed by atoms with E-state index in [1.165, 1.54) is 19.3 Å². The number of ether oxygens (including phenoxy) is 3. The molecule has 29 heavy (non-hydrogen) atoms. The fraction of sp³-hybridized carbons (Fsp3) is 0.435. The van der Waals surface area contributed by atoms with Crippen LogP contribution in [0, 0.1) is 0 Å². The summed E-state index contributed by atoms with van der Waals surface area (Å²) in [4.78, 5) is 12.2. The predicted octanol–water partition coefficient (Wildman–Crippen LogP) is 4.72. The lowest BCUT2D eigenvalue weighted by atomic mass is 10.2. The number of amides is 1. The molecule has 0 radical (unpaired) electrons. The van der Waals surface area contributed by atoms with Gasteiger partial charge in [0.25, 0.3) is 0 Å². The summed E-state index contributed by atoms with van der Waals surface area (Å²) in [6.45, 7) is 4.05. The standard InChI is InChI=1S/C23H32N2O4/c1-3-4-5-6-13-28-21-11-7-9-19(16-21)24-18-23(26)25-20-10-8-12-22(17-20)29-15-14-27-2/h7-12,16-17,24H,3-6,13-15,18H2,1-2H3,(H,25,26). The summed E-state index contributed by atoms with van der Waals surface area (Å²) in [6, 6.07) is 15.0. The number of benzene rings is 2. The van der Waals surface area contributed by atoms with Gasteiger partial charge in [-0.2, -0.15) is 0 Å². The zero-order valence-corrected chi connectivity index (χ0v) is 17.4. The van der Waals surface area contributed by atoms with Crippen molar-refractivity contribution < 1.29 is 19.0 Å². The summed E-state index contributed by atoms with van der Waals surface area (Å²) in [5.74, 6) is 1.37. The topological polar surface area (TPSA) is 68.8 Å². The third kappa shape index (κ3) is 9.34. The van der Waals surface area contributed by atoms with Gasteiger partial charge in [-0.15, -0.1) is 0 Å². The van der Waals surface area contributed by atoms with E-state index in [4.69, 9.17) is 14.2 Å². The second-order valence-corrected chi connectivity index (χ2v) is 6.71. The van der Waals surface area contributed by atoms with Crippen LogP contribution in [0.15, 0.2) is 48.5 Å². The molecular weight excluding hydrogens is 368 g/mol. The molecule has 0 aromatic heterocycles. The summed E-state index contributed by atoms with van der Waals surface area (Å²) in [5.41, 5.74) is 1.54. The number of carbonyl (C=O) groups excluding carboxylic acids is 1. The highest BCUT2D eigenvalue weighted by atomic mass is 16.5. The van der Waals surface area contributed by atoms with E-state index in [9.17, 15) is 4.79 Å². The van der Waals surface area contributed by atoms with Crippen LogP contribution < -0.4 is 20.1 Å². The van der Waals surface area contributed by atoms with Gasteiger partial charge in [-0.1, -0.05) is 38.3 Å². The van der Waals surface area contributed by atoms with Crippen molar-refractivity contribution in [3.63, 3.8) is 0 Å². The van der Waals surface area contributed by atoms with Gasteiger partial charge in [0.15, 0.2) is 0 Å². The first-order valence-corrected chi connectivity index (χ1v) is 10.2. The molecule has 158 valence electrons. The van der Waals surface area contributed by atoms with E-state index in [1.807, 2.05) is 42.5 Å². The Morgan fingerprint density at radius 1 is 0.862 bits per heavy atom. The van der Waals surface area contributed by atoms with Crippen LogP contribution in [-0.2, 0) is 9.53 Å². The highest BCUT2D eigenvalue weighted by Gasteiger charge is 2.05. The fourth-order valence-corrected chi connectivity index (χ4v) is 2.71. The van der Waals surface area contributed by atoms with Crippen molar-refractivity contribution in [3.8, 4) is 11.5 Å². The first kappa shape index (κ1) is 22.6. The second kappa shape index (κ2) is 13.4. The monoisotopic (exact) mass is 400 g/mol. The van der Waals surface area contributed by atoms with Crippen molar-refractivity contribution in [2.24, 2.45) is 0 Å². The number of anilines is 2. The summed E-state index contributed by atoms with van der Waals surface area (Å²) in [7, 11) is 1.63. The minimum atomic E-state index is -0.134. The minimum Gasteiger partial charge on any atom is -0.494 e. The fourth-order valence-electron chi connectivity index (χ4n) is 2.71. The molecular formula is C23H32N2O4. The molecule has 6 nitrogen and oxygen atoms in total. The van der Waals surface area contributed by atoms with Crippen LogP contribution in [0.25, 0.3) is 0 Å². The number of methoxy groups -OCH3 is 1.